The van der Waals surface area contributed by atoms with Gasteiger partial charge in [0.05, 0.1) is 5.56 Å². The zero-order chi connectivity index (χ0) is 16.0. The van der Waals surface area contributed by atoms with Gasteiger partial charge in [0.15, 0.2) is 0 Å². The molecule has 5 nitrogen and oxygen atoms in total. The molecule has 1 N–H and O–H groups in total. The molecule has 1 aromatic rings. The van der Waals surface area contributed by atoms with Crippen LogP contribution in [0.2, 0.25) is 5.02 Å². The molecule has 1 rings (SSSR count). The molecular formula is C13H14ClF2NO4. The molecule has 0 fully saturated rings. The van der Waals surface area contributed by atoms with Crippen molar-refractivity contribution in [1.29, 1.82) is 0 Å². The molecule has 0 spiro atoms. The van der Waals surface area contributed by atoms with Gasteiger partial charge in [-0.2, -0.15) is 8.78 Å². The van der Waals surface area contributed by atoms with E-state index in [9.17, 15) is 18.4 Å². The van der Waals surface area contributed by atoms with Crippen molar-refractivity contribution in [3.05, 3.63) is 28.8 Å². The van der Waals surface area contributed by atoms with Crippen LogP contribution in [0.5, 0.6) is 5.75 Å². The van der Waals surface area contributed by atoms with Gasteiger partial charge in [0, 0.05) is 25.0 Å². The number of hydrogen-bond donors (Lipinski definition) is 1. The fraction of sp³-hybridized carbons (Fsp3) is 0.385. The summed E-state index contributed by atoms with van der Waals surface area (Å²) in [5.41, 5.74) is -0.0966. The molecule has 1 amide bonds. The minimum Gasteiger partial charge on any atom is -0.481 e. The minimum absolute atomic E-state index is 0.0897. The maximum Gasteiger partial charge on any atom is 0.387 e. The van der Waals surface area contributed by atoms with Gasteiger partial charge in [-0.15, -0.1) is 0 Å². The van der Waals surface area contributed by atoms with Crippen molar-refractivity contribution in [2.45, 2.75) is 19.5 Å². The van der Waals surface area contributed by atoms with E-state index in [2.05, 4.69) is 4.74 Å². The lowest BCUT2D eigenvalue weighted by atomic mass is 10.1. The molecule has 1 aromatic carbocycles. The van der Waals surface area contributed by atoms with Crippen molar-refractivity contribution in [2.75, 3.05) is 13.6 Å². The maximum absolute atomic E-state index is 12.3. The first-order chi connectivity index (χ1) is 9.81. The van der Waals surface area contributed by atoms with E-state index < -0.39 is 18.5 Å². The second-order valence-corrected chi connectivity index (χ2v) is 4.68. The second kappa shape index (κ2) is 7.78. The van der Waals surface area contributed by atoms with Crippen molar-refractivity contribution < 1.29 is 28.2 Å². The molecule has 0 saturated carbocycles. The van der Waals surface area contributed by atoms with Crippen LogP contribution in [0.4, 0.5) is 8.78 Å². The standard InChI is InChI=1S/C13H14ClF2NO4/c1-17(6-2-3-11(18)19)12(20)9-7-8(14)4-5-10(9)21-13(15)16/h4-5,7,13H,2-3,6H2,1H3,(H,18,19). The summed E-state index contributed by atoms with van der Waals surface area (Å²) in [6.45, 7) is -2.89. The van der Waals surface area contributed by atoms with E-state index in [4.69, 9.17) is 16.7 Å². The first kappa shape index (κ1) is 17.2. The lowest BCUT2D eigenvalue weighted by Crippen LogP contribution is -2.28. The molecule has 0 atom stereocenters. The predicted octanol–water partition coefficient (Wildman–Crippen LogP) is 2.88. The topological polar surface area (TPSA) is 66.8 Å². The summed E-state index contributed by atoms with van der Waals surface area (Å²) in [4.78, 5) is 23.8. The van der Waals surface area contributed by atoms with E-state index in [1.165, 1.54) is 30.1 Å². The Kier molecular flexibility index (Phi) is 6.36. The lowest BCUT2D eigenvalue weighted by Gasteiger charge is -2.19. The van der Waals surface area contributed by atoms with Crippen molar-refractivity contribution in [3.8, 4) is 5.75 Å². The summed E-state index contributed by atoms with van der Waals surface area (Å²) in [7, 11) is 1.44. The van der Waals surface area contributed by atoms with E-state index in [1.54, 1.807) is 0 Å². The SMILES string of the molecule is CN(CCCC(=O)O)C(=O)c1cc(Cl)ccc1OC(F)F. The summed E-state index contributed by atoms with van der Waals surface area (Å²) in [5, 5.41) is 8.74. The number of alkyl halides is 2. The molecular weight excluding hydrogens is 308 g/mol. The number of ether oxygens (including phenoxy) is 1. The molecule has 0 aromatic heterocycles. The Morgan fingerprint density at radius 1 is 1.43 bits per heavy atom. The highest BCUT2D eigenvalue weighted by Gasteiger charge is 2.19. The van der Waals surface area contributed by atoms with Crippen LogP contribution < -0.4 is 4.74 Å². The third-order valence-corrected chi connectivity index (χ3v) is 2.85. The van der Waals surface area contributed by atoms with Crippen molar-refractivity contribution >= 4 is 23.5 Å². The van der Waals surface area contributed by atoms with Crippen LogP contribution in [0.25, 0.3) is 0 Å². The number of carbonyl (C=O) groups is 2. The Morgan fingerprint density at radius 3 is 2.67 bits per heavy atom. The van der Waals surface area contributed by atoms with E-state index >= 15 is 0 Å². The lowest BCUT2D eigenvalue weighted by molar-refractivity contribution is -0.137. The molecule has 116 valence electrons. The van der Waals surface area contributed by atoms with Crippen molar-refractivity contribution in [3.63, 3.8) is 0 Å². The Bertz CT molecular complexity index is 525. The smallest absolute Gasteiger partial charge is 0.387 e. The highest BCUT2D eigenvalue weighted by Crippen LogP contribution is 2.25. The van der Waals surface area contributed by atoms with Crippen LogP contribution in [-0.2, 0) is 4.79 Å². The van der Waals surface area contributed by atoms with Crippen LogP contribution in [0.15, 0.2) is 18.2 Å². The Balaban J connectivity index is 2.84. The van der Waals surface area contributed by atoms with E-state index in [-0.39, 0.29) is 35.7 Å². The molecule has 0 radical (unpaired) electrons. The highest BCUT2D eigenvalue weighted by molar-refractivity contribution is 6.31. The molecule has 8 heteroatoms. The molecule has 0 unspecified atom stereocenters. The fourth-order valence-corrected chi connectivity index (χ4v) is 1.81. The van der Waals surface area contributed by atoms with E-state index in [1.807, 2.05) is 0 Å². The fourth-order valence-electron chi connectivity index (χ4n) is 1.64. The van der Waals surface area contributed by atoms with Gasteiger partial charge in [-0.05, 0) is 24.6 Å². The normalized spacial score (nSPS) is 10.5. The quantitative estimate of drug-likeness (QED) is 0.838. The summed E-state index contributed by atoms with van der Waals surface area (Å²) < 4.78 is 28.9. The van der Waals surface area contributed by atoms with E-state index in [0.717, 1.165) is 0 Å². The van der Waals surface area contributed by atoms with Gasteiger partial charge in [0.1, 0.15) is 5.75 Å². The van der Waals surface area contributed by atoms with Gasteiger partial charge >= 0.3 is 12.6 Å². The number of rotatable bonds is 7. The van der Waals surface area contributed by atoms with Gasteiger partial charge in [-0.3, -0.25) is 9.59 Å². The maximum atomic E-state index is 12.3. The Morgan fingerprint density at radius 2 is 2.10 bits per heavy atom. The zero-order valence-electron chi connectivity index (χ0n) is 11.2. The summed E-state index contributed by atoms with van der Waals surface area (Å²) in [5.74, 6) is -1.82. The van der Waals surface area contributed by atoms with Gasteiger partial charge < -0.3 is 14.7 Å². The van der Waals surface area contributed by atoms with Crippen LogP contribution in [0.3, 0.4) is 0 Å². The third-order valence-electron chi connectivity index (χ3n) is 2.62. The van der Waals surface area contributed by atoms with E-state index in [0.29, 0.717) is 0 Å². The molecule has 0 aliphatic carbocycles. The first-order valence-corrected chi connectivity index (χ1v) is 6.40. The number of amides is 1. The second-order valence-electron chi connectivity index (χ2n) is 4.24. The van der Waals surface area contributed by atoms with Crippen LogP contribution in [-0.4, -0.2) is 42.1 Å². The highest BCUT2D eigenvalue weighted by atomic mass is 35.5. The molecule has 0 heterocycles. The number of benzene rings is 1. The average molecular weight is 322 g/mol. The number of carboxylic acids is 1. The zero-order valence-corrected chi connectivity index (χ0v) is 11.9. The number of carbonyl (C=O) groups excluding carboxylic acids is 1. The van der Waals surface area contributed by atoms with Gasteiger partial charge in [-0.25, -0.2) is 0 Å². The summed E-state index contributed by atoms with van der Waals surface area (Å²) >= 11 is 5.76. The number of nitrogens with zero attached hydrogens (tertiary/aromatic N) is 1. The average Bonchev–Trinajstić information content (AvgIpc) is 2.39. The number of carboxylic acid groups (broad SMARTS) is 1. The van der Waals surface area contributed by atoms with Crippen LogP contribution in [0, 0.1) is 0 Å². The summed E-state index contributed by atoms with van der Waals surface area (Å²) in [6.07, 6.45) is 0.163. The van der Waals surface area contributed by atoms with Crippen LogP contribution in [0.1, 0.15) is 23.2 Å². The van der Waals surface area contributed by atoms with Crippen molar-refractivity contribution in [2.24, 2.45) is 0 Å². The van der Waals surface area contributed by atoms with Gasteiger partial charge in [-0.1, -0.05) is 11.6 Å². The van der Waals surface area contributed by atoms with Gasteiger partial charge in [0.25, 0.3) is 5.91 Å². The minimum atomic E-state index is -3.06. The molecule has 0 aliphatic rings. The largest absolute Gasteiger partial charge is 0.481 e. The summed E-state index contributed by atoms with van der Waals surface area (Å²) in [6, 6.07) is 3.75. The monoisotopic (exact) mass is 321 g/mol. The Hall–Kier alpha value is -1.89. The number of aliphatic carboxylic acids is 1. The van der Waals surface area contributed by atoms with Crippen LogP contribution >= 0.6 is 11.6 Å². The Labute approximate surface area is 125 Å². The van der Waals surface area contributed by atoms with Gasteiger partial charge in [0.2, 0.25) is 0 Å². The molecule has 0 bridgehead atoms. The molecule has 0 saturated heterocycles. The number of halogens is 3. The first-order valence-electron chi connectivity index (χ1n) is 6.03. The predicted molar refractivity (Wildman–Crippen MR) is 71.9 cm³/mol. The number of hydrogen-bond acceptors (Lipinski definition) is 3. The third kappa shape index (κ3) is 5.55. The molecule has 21 heavy (non-hydrogen) atoms. The molecule has 0 aliphatic heterocycles. The van der Waals surface area contributed by atoms with Crippen molar-refractivity contribution in [1.82, 2.24) is 4.90 Å².